The van der Waals surface area contributed by atoms with E-state index in [4.69, 9.17) is 50.1 Å². The van der Waals surface area contributed by atoms with Crippen LogP contribution in [0.25, 0.3) is 6.08 Å². The summed E-state index contributed by atoms with van der Waals surface area (Å²) in [6.45, 7) is 4.54. The first kappa shape index (κ1) is 24.7. The highest BCUT2D eigenvalue weighted by atomic mass is 35.6. The highest BCUT2D eigenvalue weighted by Gasteiger charge is 2.23. The molecule has 160 valence electrons. The Morgan fingerprint density at radius 1 is 1.19 bits per heavy atom. The van der Waals surface area contributed by atoms with Crippen molar-refractivity contribution in [2.45, 2.75) is 23.7 Å². The van der Waals surface area contributed by atoms with Crippen LogP contribution in [0.2, 0.25) is 0 Å². The van der Waals surface area contributed by atoms with Gasteiger partial charge in [0.2, 0.25) is 3.79 Å². The van der Waals surface area contributed by atoms with Gasteiger partial charge in [0.15, 0.2) is 0 Å². The third-order valence-electron chi connectivity index (χ3n) is 4.55. The van der Waals surface area contributed by atoms with Crippen molar-refractivity contribution in [1.29, 1.82) is 10.5 Å². The second kappa shape index (κ2) is 11.2. The number of esters is 1. The van der Waals surface area contributed by atoms with Crippen LogP contribution in [-0.2, 0) is 8.53 Å². The molecule has 2 rings (SSSR count). The van der Waals surface area contributed by atoms with Crippen molar-refractivity contribution in [1.82, 2.24) is 5.32 Å². The zero-order valence-corrected chi connectivity index (χ0v) is 19.2. The first-order valence-electron chi connectivity index (χ1n) is 9.36. The number of aryl methyl sites for hydroxylation is 1. The van der Waals surface area contributed by atoms with Crippen LogP contribution in [-0.4, -0.2) is 19.1 Å². The number of benzene rings is 2. The molecule has 0 aliphatic carbocycles. The Labute approximate surface area is 196 Å². The molecule has 0 bridgehead atoms. The van der Waals surface area contributed by atoms with Gasteiger partial charge in [-0.3, -0.25) is 0 Å². The fourth-order valence-electron chi connectivity index (χ4n) is 2.82. The normalized spacial score (nSPS) is 11.7. The molecule has 31 heavy (non-hydrogen) atoms. The zero-order valence-electron chi connectivity index (χ0n) is 17.0. The molecular formula is C23H20Cl3N3O2. The van der Waals surface area contributed by atoms with E-state index in [-0.39, 0.29) is 18.2 Å². The van der Waals surface area contributed by atoms with Gasteiger partial charge in [0.25, 0.3) is 0 Å². The number of alkyl halides is 3. The Bertz CT molecular complexity index is 1050. The van der Waals surface area contributed by atoms with Gasteiger partial charge in [0, 0.05) is 18.2 Å². The highest BCUT2D eigenvalue weighted by molar-refractivity contribution is 6.66. The van der Waals surface area contributed by atoms with Crippen LogP contribution in [0.5, 0.6) is 0 Å². The maximum absolute atomic E-state index is 12.2. The topological polar surface area (TPSA) is 85.9 Å². The van der Waals surface area contributed by atoms with Gasteiger partial charge in [-0.05, 0) is 48.7 Å². The lowest BCUT2D eigenvalue weighted by Gasteiger charge is -2.16. The molecule has 0 aliphatic rings. The SMILES string of the molecule is Cc1cc(C(C)NCCOC(=O)c2cccc(C(Cl)(Cl)Cl)c2)ccc1C=C(C#N)C#N. The lowest BCUT2D eigenvalue weighted by molar-refractivity contribution is 0.0506. The molecule has 0 fully saturated rings. The van der Waals surface area contributed by atoms with Crippen LogP contribution >= 0.6 is 34.8 Å². The van der Waals surface area contributed by atoms with Crippen LogP contribution in [0.4, 0.5) is 0 Å². The summed E-state index contributed by atoms with van der Waals surface area (Å²) in [5, 5.41) is 21.1. The van der Waals surface area contributed by atoms with Gasteiger partial charge in [0.05, 0.1) is 5.56 Å². The molecule has 1 atom stereocenters. The van der Waals surface area contributed by atoms with Gasteiger partial charge < -0.3 is 10.1 Å². The highest BCUT2D eigenvalue weighted by Crippen LogP contribution is 2.38. The van der Waals surface area contributed by atoms with Crippen molar-refractivity contribution < 1.29 is 9.53 Å². The maximum atomic E-state index is 12.2. The number of hydrogen-bond donors (Lipinski definition) is 1. The minimum absolute atomic E-state index is 0.00882. The van der Waals surface area contributed by atoms with E-state index in [1.165, 1.54) is 6.07 Å². The molecule has 0 aromatic heterocycles. The van der Waals surface area contributed by atoms with Crippen molar-refractivity contribution in [3.63, 3.8) is 0 Å². The number of allylic oxidation sites excluding steroid dienone is 1. The Morgan fingerprint density at radius 2 is 1.90 bits per heavy atom. The van der Waals surface area contributed by atoms with Gasteiger partial charge in [-0.15, -0.1) is 0 Å². The van der Waals surface area contributed by atoms with Crippen molar-refractivity contribution in [3.05, 3.63) is 75.9 Å². The summed E-state index contributed by atoms with van der Waals surface area (Å²) in [5.74, 6) is -0.497. The minimum Gasteiger partial charge on any atom is -0.461 e. The van der Waals surface area contributed by atoms with E-state index in [2.05, 4.69) is 5.32 Å². The summed E-state index contributed by atoms with van der Waals surface area (Å²) in [5.41, 5.74) is 3.57. The molecule has 2 aromatic rings. The van der Waals surface area contributed by atoms with E-state index in [0.29, 0.717) is 17.7 Å². The number of nitrogens with one attached hydrogen (secondary N) is 1. The van der Waals surface area contributed by atoms with E-state index >= 15 is 0 Å². The third-order valence-corrected chi connectivity index (χ3v) is 5.20. The lowest BCUT2D eigenvalue weighted by Crippen LogP contribution is -2.24. The molecule has 0 spiro atoms. The van der Waals surface area contributed by atoms with Gasteiger partial charge in [-0.1, -0.05) is 65.1 Å². The Balaban J connectivity index is 1.90. The summed E-state index contributed by atoms with van der Waals surface area (Å²) in [6.07, 6.45) is 1.56. The van der Waals surface area contributed by atoms with Gasteiger partial charge in [-0.2, -0.15) is 10.5 Å². The quantitative estimate of drug-likeness (QED) is 0.238. The summed E-state index contributed by atoms with van der Waals surface area (Å²) in [4.78, 5) is 12.2. The van der Waals surface area contributed by atoms with E-state index < -0.39 is 9.76 Å². The second-order valence-corrected chi connectivity index (χ2v) is 9.07. The molecule has 8 heteroatoms. The predicted molar refractivity (Wildman–Crippen MR) is 123 cm³/mol. The number of rotatable bonds is 7. The average Bonchev–Trinajstić information content (AvgIpc) is 2.75. The van der Waals surface area contributed by atoms with Crippen LogP contribution in [0, 0.1) is 29.6 Å². The monoisotopic (exact) mass is 475 g/mol. The van der Waals surface area contributed by atoms with Crippen LogP contribution in [0.15, 0.2) is 48.0 Å². The van der Waals surface area contributed by atoms with Gasteiger partial charge >= 0.3 is 5.97 Å². The predicted octanol–water partition coefficient (Wildman–Crippen LogP) is 5.76. The molecule has 0 radical (unpaired) electrons. The summed E-state index contributed by atoms with van der Waals surface area (Å²) < 4.78 is 3.68. The number of nitrogens with zero attached hydrogens (tertiary/aromatic N) is 2. The van der Waals surface area contributed by atoms with E-state index in [9.17, 15) is 4.79 Å². The molecule has 1 N–H and O–H groups in total. The maximum Gasteiger partial charge on any atom is 0.338 e. The van der Waals surface area contributed by atoms with Crippen molar-refractivity contribution in [3.8, 4) is 12.1 Å². The summed E-state index contributed by atoms with van der Waals surface area (Å²) in [7, 11) is 0. The van der Waals surface area contributed by atoms with Gasteiger partial charge in [-0.25, -0.2) is 4.79 Å². The largest absolute Gasteiger partial charge is 0.461 e. The van der Waals surface area contributed by atoms with Crippen molar-refractivity contribution in [2.75, 3.05) is 13.2 Å². The Hall–Kier alpha value is -2.54. The van der Waals surface area contributed by atoms with Crippen LogP contribution < -0.4 is 5.32 Å². The van der Waals surface area contributed by atoms with Crippen molar-refractivity contribution in [2.24, 2.45) is 0 Å². The minimum atomic E-state index is -1.61. The third kappa shape index (κ3) is 7.28. The average molecular weight is 477 g/mol. The number of nitriles is 2. The number of carbonyl (C=O) groups excluding carboxylic acids is 1. The Kier molecular flexibility index (Phi) is 8.92. The molecule has 0 heterocycles. The Morgan fingerprint density at radius 3 is 2.52 bits per heavy atom. The smallest absolute Gasteiger partial charge is 0.338 e. The molecule has 0 amide bonds. The first-order valence-corrected chi connectivity index (χ1v) is 10.5. The zero-order chi connectivity index (χ0) is 23.0. The van der Waals surface area contributed by atoms with Crippen LogP contribution in [0.3, 0.4) is 0 Å². The standard InChI is InChI=1S/C23H20Cl3N3O2/c1-15-10-19(7-6-18(15)11-17(13-27)14-28)16(2)29-8-9-31-22(30)20-4-3-5-21(12-20)23(24,25)26/h3-7,10-12,16,29H,8-9H2,1-2H3. The fraction of sp³-hybridized carbons (Fsp3) is 0.261. The molecule has 0 saturated heterocycles. The van der Waals surface area contributed by atoms with E-state index in [1.54, 1.807) is 24.3 Å². The number of carbonyl (C=O) groups is 1. The van der Waals surface area contributed by atoms with E-state index in [1.807, 2.05) is 44.2 Å². The number of ether oxygens (including phenoxy) is 1. The van der Waals surface area contributed by atoms with Crippen LogP contribution in [0.1, 0.15) is 45.6 Å². The summed E-state index contributed by atoms with van der Waals surface area (Å²) in [6, 6.07) is 15.9. The molecule has 2 aromatic carbocycles. The molecule has 0 aliphatic heterocycles. The fourth-order valence-corrected chi connectivity index (χ4v) is 3.17. The molecule has 1 unspecified atom stereocenters. The van der Waals surface area contributed by atoms with E-state index in [0.717, 1.165) is 16.7 Å². The van der Waals surface area contributed by atoms with Gasteiger partial charge in [0.1, 0.15) is 24.3 Å². The summed E-state index contributed by atoms with van der Waals surface area (Å²) >= 11 is 17.6. The molecule has 0 saturated carbocycles. The van der Waals surface area contributed by atoms with Crippen molar-refractivity contribution >= 4 is 46.8 Å². The first-order chi connectivity index (χ1) is 14.7. The molecular weight excluding hydrogens is 457 g/mol. The number of halogens is 3. The lowest BCUT2D eigenvalue weighted by atomic mass is 10.00. The molecule has 5 nitrogen and oxygen atoms in total. The second-order valence-electron chi connectivity index (χ2n) is 6.79. The number of hydrogen-bond acceptors (Lipinski definition) is 5.